The third-order valence-electron chi connectivity index (χ3n) is 2.51. The fourth-order valence-corrected chi connectivity index (χ4v) is 1.73. The Morgan fingerprint density at radius 3 is 2.61 bits per heavy atom. The molecule has 1 aromatic heterocycles. The van der Waals surface area contributed by atoms with Gasteiger partial charge in [0.1, 0.15) is 10.7 Å². The van der Waals surface area contributed by atoms with Crippen molar-refractivity contribution in [2.75, 3.05) is 7.11 Å². The summed E-state index contributed by atoms with van der Waals surface area (Å²) in [6.45, 7) is 0.631. The average molecular weight is 258 g/mol. The molecule has 0 fully saturated rings. The first-order valence-corrected chi connectivity index (χ1v) is 6.02. The number of hydrogen-bond acceptors (Lipinski definition) is 3. The van der Waals surface area contributed by atoms with E-state index in [0.29, 0.717) is 11.5 Å². The van der Waals surface area contributed by atoms with Gasteiger partial charge in [0.05, 0.1) is 19.3 Å². The van der Waals surface area contributed by atoms with Gasteiger partial charge in [0.25, 0.3) is 0 Å². The maximum absolute atomic E-state index is 5.32. The van der Waals surface area contributed by atoms with Crippen molar-refractivity contribution in [3.8, 4) is 5.75 Å². The fourth-order valence-electron chi connectivity index (χ4n) is 1.52. The van der Waals surface area contributed by atoms with Crippen molar-refractivity contribution in [1.82, 2.24) is 10.3 Å². The van der Waals surface area contributed by atoms with Gasteiger partial charge in [-0.15, -0.1) is 0 Å². The van der Waals surface area contributed by atoms with Gasteiger partial charge in [-0.3, -0.25) is 4.98 Å². The lowest BCUT2D eigenvalue weighted by molar-refractivity contribution is 0.415. The largest absolute Gasteiger partial charge is 0.497 e. The minimum absolute atomic E-state index is 0.631. The van der Waals surface area contributed by atoms with E-state index >= 15 is 0 Å². The SMILES string of the molecule is COc1ccc(C(=S)NCc2ccccn2)cc1. The van der Waals surface area contributed by atoms with E-state index in [-0.39, 0.29) is 0 Å². The number of aromatic nitrogens is 1. The van der Waals surface area contributed by atoms with Gasteiger partial charge in [-0.05, 0) is 36.4 Å². The van der Waals surface area contributed by atoms with Gasteiger partial charge in [-0.1, -0.05) is 18.3 Å². The molecule has 0 aliphatic rings. The minimum atomic E-state index is 0.631. The first-order chi connectivity index (χ1) is 8.79. The Kier molecular flexibility index (Phi) is 4.25. The molecule has 0 radical (unpaired) electrons. The van der Waals surface area contributed by atoms with Gasteiger partial charge >= 0.3 is 0 Å². The zero-order valence-electron chi connectivity index (χ0n) is 10.1. The molecule has 92 valence electrons. The Labute approximate surface area is 112 Å². The number of nitrogens with one attached hydrogen (secondary N) is 1. The molecular weight excluding hydrogens is 244 g/mol. The van der Waals surface area contributed by atoms with Crippen molar-refractivity contribution in [1.29, 1.82) is 0 Å². The molecule has 0 unspecified atom stereocenters. The summed E-state index contributed by atoms with van der Waals surface area (Å²) in [7, 11) is 1.65. The second-order valence-electron chi connectivity index (χ2n) is 3.73. The van der Waals surface area contributed by atoms with E-state index in [1.807, 2.05) is 42.5 Å². The van der Waals surface area contributed by atoms with Crippen LogP contribution >= 0.6 is 12.2 Å². The molecule has 1 aromatic carbocycles. The Balaban J connectivity index is 1.95. The lowest BCUT2D eigenvalue weighted by Gasteiger charge is -2.08. The van der Waals surface area contributed by atoms with Crippen LogP contribution in [0.15, 0.2) is 48.7 Å². The summed E-state index contributed by atoms with van der Waals surface area (Å²) in [6.07, 6.45) is 1.77. The molecule has 2 rings (SSSR count). The molecule has 0 amide bonds. The van der Waals surface area contributed by atoms with Crippen LogP contribution in [0.1, 0.15) is 11.3 Å². The fraction of sp³-hybridized carbons (Fsp3) is 0.143. The number of hydrogen-bond donors (Lipinski definition) is 1. The first kappa shape index (κ1) is 12.5. The summed E-state index contributed by atoms with van der Waals surface area (Å²) < 4.78 is 5.10. The van der Waals surface area contributed by atoms with Gasteiger partial charge in [0.2, 0.25) is 0 Å². The number of ether oxygens (including phenoxy) is 1. The van der Waals surface area contributed by atoms with E-state index < -0.39 is 0 Å². The predicted octanol–water partition coefficient (Wildman–Crippen LogP) is 2.56. The summed E-state index contributed by atoms with van der Waals surface area (Å²) in [5.74, 6) is 0.825. The predicted molar refractivity (Wildman–Crippen MR) is 75.8 cm³/mol. The molecule has 0 saturated heterocycles. The highest BCUT2D eigenvalue weighted by molar-refractivity contribution is 7.80. The number of thiocarbonyl (C=S) groups is 1. The summed E-state index contributed by atoms with van der Waals surface area (Å²) in [6, 6.07) is 13.5. The molecule has 0 spiro atoms. The van der Waals surface area contributed by atoms with Crippen LogP contribution in [0.3, 0.4) is 0 Å². The molecule has 0 saturated carbocycles. The van der Waals surface area contributed by atoms with E-state index in [4.69, 9.17) is 17.0 Å². The first-order valence-electron chi connectivity index (χ1n) is 5.62. The maximum Gasteiger partial charge on any atom is 0.118 e. The molecule has 3 nitrogen and oxygen atoms in total. The molecule has 4 heteroatoms. The van der Waals surface area contributed by atoms with Crippen molar-refractivity contribution in [2.24, 2.45) is 0 Å². The summed E-state index contributed by atoms with van der Waals surface area (Å²) in [5, 5.41) is 3.18. The highest BCUT2D eigenvalue weighted by Crippen LogP contribution is 2.11. The molecular formula is C14H14N2OS. The second kappa shape index (κ2) is 6.12. The van der Waals surface area contributed by atoms with Crippen LogP contribution in [-0.4, -0.2) is 17.1 Å². The van der Waals surface area contributed by atoms with E-state index in [1.54, 1.807) is 13.3 Å². The molecule has 0 aliphatic carbocycles. The van der Waals surface area contributed by atoms with E-state index in [2.05, 4.69) is 10.3 Å². The Bertz CT molecular complexity index is 511. The van der Waals surface area contributed by atoms with Crippen LogP contribution in [-0.2, 0) is 6.54 Å². The second-order valence-corrected chi connectivity index (χ2v) is 4.14. The van der Waals surface area contributed by atoms with Crippen molar-refractivity contribution in [2.45, 2.75) is 6.54 Å². The maximum atomic E-state index is 5.32. The minimum Gasteiger partial charge on any atom is -0.497 e. The zero-order valence-corrected chi connectivity index (χ0v) is 10.9. The van der Waals surface area contributed by atoms with Crippen LogP contribution in [0.5, 0.6) is 5.75 Å². The number of rotatable bonds is 4. The van der Waals surface area contributed by atoms with Crippen molar-refractivity contribution in [3.63, 3.8) is 0 Å². The summed E-state index contributed by atoms with van der Waals surface area (Å²) in [5.41, 5.74) is 1.94. The number of benzene rings is 1. The van der Waals surface area contributed by atoms with E-state index in [0.717, 1.165) is 17.0 Å². The van der Waals surface area contributed by atoms with Crippen LogP contribution in [0.25, 0.3) is 0 Å². The molecule has 2 aromatic rings. The third-order valence-corrected chi connectivity index (χ3v) is 2.89. The number of pyridine rings is 1. The zero-order chi connectivity index (χ0) is 12.8. The van der Waals surface area contributed by atoms with Gasteiger partial charge in [0, 0.05) is 11.8 Å². The third kappa shape index (κ3) is 3.28. The van der Waals surface area contributed by atoms with Crippen LogP contribution in [0, 0.1) is 0 Å². The summed E-state index contributed by atoms with van der Waals surface area (Å²) >= 11 is 5.32. The van der Waals surface area contributed by atoms with Gasteiger partial charge in [-0.2, -0.15) is 0 Å². The van der Waals surface area contributed by atoms with Crippen LogP contribution in [0.2, 0.25) is 0 Å². The van der Waals surface area contributed by atoms with Crippen molar-refractivity contribution >= 4 is 17.2 Å². The van der Waals surface area contributed by atoms with Gasteiger partial charge < -0.3 is 10.1 Å². The smallest absolute Gasteiger partial charge is 0.118 e. The summed E-state index contributed by atoms with van der Waals surface area (Å²) in [4.78, 5) is 4.94. The number of nitrogens with zero attached hydrogens (tertiary/aromatic N) is 1. The topological polar surface area (TPSA) is 34.1 Å². The normalized spacial score (nSPS) is 9.83. The Morgan fingerprint density at radius 1 is 1.22 bits per heavy atom. The standard InChI is InChI=1S/C14H14N2OS/c1-17-13-7-5-11(6-8-13)14(18)16-10-12-4-2-3-9-15-12/h2-9H,10H2,1H3,(H,16,18). The van der Waals surface area contributed by atoms with Crippen molar-refractivity contribution < 1.29 is 4.74 Å². The molecule has 1 N–H and O–H groups in total. The van der Waals surface area contributed by atoms with Crippen LogP contribution < -0.4 is 10.1 Å². The molecule has 1 heterocycles. The molecule has 0 bridgehead atoms. The highest BCUT2D eigenvalue weighted by atomic mass is 32.1. The number of methoxy groups -OCH3 is 1. The van der Waals surface area contributed by atoms with Crippen molar-refractivity contribution in [3.05, 3.63) is 59.9 Å². The molecule has 0 atom stereocenters. The van der Waals surface area contributed by atoms with E-state index in [9.17, 15) is 0 Å². The van der Waals surface area contributed by atoms with E-state index in [1.165, 1.54) is 0 Å². The van der Waals surface area contributed by atoms with Crippen LogP contribution in [0.4, 0.5) is 0 Å². The quantitative estimate of drug-likeness (QED) is 0.855. The van der Waals surface area contributed by atoms with Gasteiger partial charge in [0.15, 0.2) is 0 Å². The monoisotopic (exact) mass is 258 g/mol. The molecule has 0 aliphatic heterocycles. The Hall–Kier alpha value is -1.94. The van der Waals surface area contributed by atoms with Gasteiger partial charge in [-0.25, -0.2) is 0 Å². The average Bonchev–Trinajstić information content (AvgIpc) is 2.46. The Morgan fingerprint density at radius 2 is 2.00 bits per heavy atom. The lowest BCUT2D eigenvalue weighted by Crippen LogP contribution is -2.22. The highest BCUT2D eigenvalue weighted by Gasteiger charge is 2.01. The molecule has 18 heavy (non-hydrogen) atoms. The lowest BCUT2D eigenvalue weighted by atomic mass is 10.2.